The summed E-state index contributed by atoms with van der Waals surface area (Å²) in [4.78, 5) is 22.7. The molecule has 0 spiro atoms. The zero-order valence-electron chi connectivity index (χ0n) is 11.1. The minimum absolute atomic E-state index is 0.161. The number of halogens is 1. The van der Waals surface area contributed by atoms with Crippen LogP contribution in [0.3, 0.4) is 0 Å². The number of hydrogen-bond donors (Lipinski definition) is 2. The normalized spacial score (nSPS) is 13.8. The molecule has 6 nitrogen and oxygen atoms in total. The van der Waals surface area contributed by atoms with Gasteiger partial charge < -0.3 is 5.73 Å². The van der Waals surface area contributed by atoms with Crippen molar-refractivity contribution < 1.29 is 13.8 Å². The number of nitrogens with zero attached hydrogens (tertiary/aromatic N) is 1. The third-order valence-corrected chi connectivity index (χ3v) is 5.86. The van der Waals surface area contributed by atoms with Gasteiger partial charge in [-0.05, 0) is 18.4 Å². The predicted molar refractivity (Wildman–Crippen MR) is 80.0 cm³/mol. The molecule has 0 fully saturated rings. The van der Waals surface area contributed by atoms with Crippen molar-refractivity contribution >= 4 is 44.8 Å². The average Bonchev–Trinajstić information content (AvgIpc) is 2.72. The number of carbonyl (C=O) groups is 2. The van der Waals surface area contributed by atoms with Crippen molar-refractivity contribution in [3.8, 4) is 0 Å². The van der Waals surface area contributed by atoms with E-state index in [1.165, 1.54) is 11.4 Å². The van der Waals surface area contributed by atoms with Gasteiger partial charge in [-0.3, -0.25) is 4.79 Å². The van der Waals surface area contributed by atoms with Crippen molar-refractivity contribution in [2.24, 2.45) is 16.0 Å². The first-order valence-corrected chi connectivity index (χ1v) is 8.61. The highest BCUT2D eigenvalue weighted by Crippen LogP contribution is 2.25. The molecule has 0 aliphatic carbocycles. The predicted octanol–water partition coefficient (Wildman–Crippen LogP) is 2.77. The van der Waals surface area contributed by atoms with Gasteiger partial charge in [0.05, 0.1) is 5.02 Å². The number of nitrogens with two attached hydrogens (primary N) is 1. The van der Waals surface area contributed by atoms with Gasteiger partial charge in [0, 0.05) is 11.8 Å². The number of primary amides is 1. The number of urea groups is 1. The summed E-state index contributed by atoms with van der Waals surface area (Å²) >= 11 is 6.80. The van der Waals surface area contributed by atoms with Crippen LogP contribution in [0.25, 0.3) is 0 Å². The van der Waals surface area contributed by atoms with Gasteiger partial charge in [-0.25, -0.2) is 13.7 Å². The fraction of sp³-hybridized carbons (Fsp3) is 0.455. The Kier molecular flexibility index (Phi) is 5.97. The Morgan fingerprint density at radius 1 is 1.55 bits per heavy atom. The molecule has 1 atom stereocenters. The van der Waals surface area contributed by atoms with Crippen molar-refractivity contribution in [1.82, 2.24) is 4.72 Å². The smallest absolute Gasteiger partial charge is 0.324 e. The first kappa shape index (κ1) is 16.9. The van der Waals surface area contributed by atoms with Crippen LogP contribution in [0.5, 0.6) is 0 Å². The van der Waals surface area contributed by atoms with Crippen LogP contribution in [0.2, 0.25) is 5.02 Å². The second-order valence-corrected chi connectivity index (χ2v) is 7.98. The van der Waals surface area contributed by atoms with Gasteiger partial charge >= 0.3 is 6.03 Å². The maximum absolute atomic E-state index is 12.6. The van der Waals surface area contributed by atoms with Gasteiger partial charge in [-0.2, -0.15) is 0 Å². The number of hydrogen-bond acceptors (Lipinski definition) is 4. The van der Waals surface area contributed by atoms with E-state index in [9.17, 15) is 13.8 Å². The lowest BCUT2D eigenvalue weighted by Crippen LogP contribution is -2.35. The van der Waals surface area contributed by atoms with E-state index in [1.54, 1.807) is 0 Å². The van der Waals surface area contributed by atoms with Gasteiger partial charge in [0.25, 0.3) is 5.91 Å². The Balaban J connectivity index is 3.08. The molecule has 0 radical (unpaired) electrons. The van der Waals surface area contributed by atoms with Gasteiger partial charge in [0.2, 0.25) is 0 Å². The number of amides is 3. The quantitative estimate of drug-likeness (QED) is 0.863. The van der Waals surface area contributed by atoms with Crippen molar-refractivity contribution in [1.29, 1.82) is 0 Å². The molecule has 1 aromatic heterocycles. The molecule has 0 saturated heterocycles. The minimum Gasteiger partial charge on any atom is -0.351 e. The lowest BCUT2D eigenvalue weighted by molar-refractivity contribution is -0.117. The van der Waals surface area contributed by atoms with E-state index in [0.29, 0.717) is 17.4 Å². The van der Waals surface area contributed by atoms with Crippen LogP contribution in [-0.4, -0.2) is 16.1 Å². The van der Waals surface area contributed by atoms with E-state index in [-0.39, 0.29) is 10.6 Å². The Morgan fingerprint density at radius 3 is 2.65 bits per heavy atom. The SMILES string of the molecule is CC(C)CCC(=O)N=S(=O)(NC(N)=O)c1cc(Cl)cs1. The summed E-state index contributed by atoms with van der Waals surface area (Å²) < 4.78 is 18.5. The van der Waals surface area contributed by atoms with Crippen LogP contribution >= 0.6 is 22.9 Å². The van der Waals surface area contributed by atoms with E-state index in [0.717, 1.165) is 11.3 Å². The van der Waals surface area contributed by atoms with Gasteiger partial charge in [-0.1, -0.05) is 25.4 Å². The lowest BCUT2D eigenvalue weighted by Gasteiger charge is -2.08. The molecule has 0 bridgehead atoms. The van der Waals surface area contributed by atoms with E-state index >= 15 is 0 Å². The van der Waals surface area contributed by atoms with Crippen LogP contribution in [0, 0.1) is 5.92 Å². The summed E-state index contributed by atoms with van der Waals surface area (Å²) in [6, 6.07) is 0.379. The fourth-order valence-corrected chi connectivity index (χ4v) is 4.24. The van der Waals surface area contributed by atoms with Crippen LogP contribution in [0.15, 0.2) is 20.0 Å². The molecule has 20 heavy (non-hydrogen) atoms. The second kappa shape index (κ2) is 7.05. The number of rotatable bonds is 5. The third-order valence-electron chi connectivity index (χ3n) is 2.22. The zero-order chi connectivity index (χ0) is 15.3. The molecule has 1 heterocycles. The zero-order valence-corrected chi connectivity index (χ0v) is 13.5. The van der Waals surface area contributed by atoms with Crippen LogP contribution in [0.1, 0.15) is 26.7 Å². The topological polar surface area (TPSA) is 102 Å². The molecule has 0 aliphatic rings. The van der Waals surface area contributed by atoms with E-state index in [2.05, 4.69) is 4.36 Å². The van der Waals surface area contributed by atoms with Gasteiger partial charge in [-0.15, -0.1) is 15.7 Å². The Hall–Kier alpha value is -1.12. The number of thiophene rings is 1. The molecule has 3 amide bonds. The Labute approximate surface area is 127 Å². The largest absolute Gasteiger partial charge is 0.351 e. The van der Waals surface area contributed by atoms with Crippen molar-refractivity contribution in [3.63, 3.8) is 0 Å². The summed E-state index contributed by atoms with van der Waals surface area (Å²) in [5.41, 5.74) is 4.99. The summed E-state index contributed by atoms with van der Waals surface area (Å²) in [7, 11) is -3.41. The third kappa shape index (κ3) is 5.10. The van der Waals surface area contributed by atoms with Crippen LogP contribution < -0.4 is 10.5 Å². The molecular weight excluding hydrogens is 322 g/mol. The summed E-state index contributed by atoms with van der Waals surface area (Å²) in [5, 5.41) is 1.89. The van der Waals surface area contributed by atoms with E-state index < -0.39 is 21.9 Å². The Morgan fingerprint density at radius 2 is 2.20 bits per heavy atom. The van der Waals surface area contributed by atoms with Crippen molar-refractivity contribution in [2.45, 2.75) is 30.9 Å². The summed E-state index contributed by atoms with van der Waals surface area (Å²) in [6.45, 7) is 3.93. The molecule has 1 unspecified atom stereocenters. The van der Waals surface area contributed by atoms with Crippen molar-refractivity contribution in [3.05, 3.63) is 16.5 Å². The number of nitrogens with one attached hydrogen (secondary N) is 1. The van der Waals surface area contributed by atoms with E-state index in [4.69, 9.17) is 17.3 Å². The monoisotopic (exact) mass is 337 g/mol. The standard InChI is InChI=1S/C11H16ClN3O3S2/c1-7(2)3-4-9(16)14-20(18,15-11(13)17)10-5-8(12)6-19-10/h5-7H,3-4H2,1-2H3,(H3,13,14,15,16,17,18). The molecule has 0 aromatic carbocycles. The molecule has 0 saturated carbocycles. The van der Waals surface area contributed by atoms with Gasteiger partial charge in [0.15, 0.2) is 9.92 Å². The molecular formula is C11H16ClN3O3S2. The molecule has 0 aliphatic heterocycles. The highest BCUT2D eigenvalue weighted by atomic mass is 35.5. The molecule has 1 aromatic rings. The van der Waals surface area contributed by atoms with E-state index in [1.807, 2.05) is 18.6 Å². The second-order valence-electron chi connectivity index (χ2n) is 4.49. The first-order valence-electron chi connectivity index (χ1n) is 5.84. The highest BCUT2D eigenvalue weighted by molar-refractivity contribution is 7.94. The average molecular weight is 338 g/mol. The maximum atomic E-state index is 12.6. The Bertz CT molecular complexity index is 618. The molecule has 1 rings (SSSR count). The van der Waals surface area contributed by atoms with Crippen LogP contribution in [0.4, 0.5) is 4.79 Å². The lowest BCUT2D eigenvalue weighted by atomic mass is 10.1. The maximum Gasteiger partial charge on any atom is 0.324 e. The summed E-state index contributed by atoms with van der Waals surface area (Å²) in [5.74, 6) is -0.215. The molecule has 9 heteroatoms. The minimum atomic E-state index is -3.41. The molecule has 3 N–H and O–H groups in total. The van der Waals surface area contributed by atoms with Crippen molar-refractivity contribution in [2.75, 3.05) is 0 Å². The fourth-order valence-electron chi connectivity index (χ4n) is 1.30. The molecule has 112 valence electrons. The number of carbonyl (C=O) groups excluding carboxylic acids is 2. The van der Waals surface area contributed by atoms with Crippen LogP contribution in [-0.2, 0) is 14.7 Å². The first-order chi connectivity index (χ1) is 9.23. The highest BCUT2D eigenvalue weighted by Gasteiger charge is 2.19. The van der Waals surface area contributed by atoms with Gasteiger partial charge in [0.1, 0.15) is 4.21 Å². The summed E-state index contributed by atoms with van der Waals surface area (Å²) in [6.07, 6.45) is 0.786.